The van der Waals surface area contributed by atoms with Crippen molar-refractivity contribution in [2.75, 3.05) is 13.7 Å². The van der Waals surface area contributed by atoms with E-state index < -0.39 is 22.1 Å². The number of nitrogens with one attached hydrogen (secondary N) is 1. The third-order valence-electron chi connectivity index (χ3n) is 2.67. The Morgan fingerprint density at radius 2 is 2.10 bits per heavy atom. The number of aliphatic carboxylic acids is 1. The quantitative estimate of drug-likeness (QED) is 0.659. The lowest BCUT2D eigenvalue weighted by Crippen LogP contribution is -2.30. The largest absolute Gasteiger partial charge is 0.496 e. The second-order valence-electron chi connectivity index (χ2n) is 4.17. The lowest BCUT2D eigenvalue weighted by atomic mass is 10.2. The van der Waals surface area contributed by atoms with E-state index in [4.69, 9.17) is 14.9 Å². The smallest absolute Gasteiger partial charge is 0.332 e. The minimum absolute atomic E-state index is 0.0561. The molecule has 0 amide bonds. The highest BCUT2D eigenvalue weighted by molar-refractivity contribution is 7.89. The van der Waals surface area contributed by atoms with Gasteiger partial charge in [-0.3, -0.25) is 0 Å². The number of carboxylic acids is 1. The fourth-order valence-electron chi connectivity index (χ4n) is 1.55. The van der Waals surface area contributed by atoms with Crippen molar-refractivity contribution in [2.24, 2.45) is 0 Å². The van der Waals surface area contributed by atoms with Crippen LogP contribution in [-0.4, -0.2) is 44.4 Å². The first-order valence-corrected chi connectivity index (χ1v) is 7.31. The molecule has 112 valence electrons. The van der Waals surface area contributed by atoms with E-state index in [1.165, 1.54) is 25.3 Å². The van der Waals surface area contributed by atoms with Crippen LogP contribution in [-0.2, 0) is 14.8 Å². The molecule has 20 heavy (non-hydrogen) atoms. The van der Waals surface area contributed by atoms with E-state index in [9.17, 15) is 13.2 Å². The molecule has 1 aromatic carbocycles. The average Bonchev–Trinajstić information content (AvgIpc) is 2.38. The molecule has 8 heteroatoms. The predicted octanol–water partition coefficient (Wildman–Crippen LogP) is 0.118. The second-order valence-corrected chi connectivity index (χ2v) is 5.94. The Morgan fingerprint density at radius 1 is 1.45 bits per heavy atom. The number of aliphatic hydroxyl groups excluding tert-OH is 1. The molecule has 7 nitrogen and oxygen atoms in total. The molecule has 0 saturated heterocycles. The molecule has 3 N–H and O–H groups in total. The Kier molecular flexibility index (Phi) is 5.49. The molecule has 0 aliphatic carbocycles. The van der Waals surface area contributed by atoms with E-state index in [0.29, 0.717) is 11.3 Å². The number of methoxy groups -OCH3 is 1. The third-order valence-corrected chi connectivity index (χ3v) is 4.13. The van der Waals surface area contributed by atoms with E-state index in [1.54, 1.807) is 6.92 Å². The van der Waals surface area contributed by atoms with Crippen molar-refractivity contribution in [3.05, 3.63) is 23.8 Å². The Morgan fingerprint density at radius 3 is 2.60 bits per heavy atom. The fraction of sp³-hybridized carbons (Fsp3) is 0.417. The van der Waals surface area contributed by atoms with Gasteiger partial charge in [-0.15, -0.1) is 0 Å². The summed E-state index contributed by atoms with van der Waals surface area (Å²) < 4.78 is 31.2. The van der Waals surface area contributed by atoms with Gasteiger partial charge in [0.25, 0.3) is 0 Å². The molecule has 1 unspecified atom stereocenters. The second kappa shape index (κ2) is 6.69. The summed E-state index contributed by atoms with van der Waals surface area (Å²) in [5, 5.41) is 17.5. The molecule has 0 aromatic heterocycles. The third kappa shape index (κ3) is 4.19. The highest BCUT2D eigenvalue weighted by atomic mass is 32.2. The molecule has 0 heterocycles. The number of carbonyl (C=O) groups is 1. The van der Waals surface area contributed by atoms with E-state index in [-0.39, 0.29) is 17.9 Å². The molecular weight excluding hydrogens is 286 g/mol. The Bertz CT molecular complexity index is 584. The van der Waals surface area contributed by atoms with Gasteiger partial charge in [-0.1, -0.05) is 0 Å². The molecule has 0 saturated carbocycles. The van der Waals surface area contributed by atoms with Crippen molar-refractivity contribution in [3.8, 4) is 5.75 Å². The van der Waals surface area contributed by atoms with Gasteiger partial charge < -0.3 is 14.9 Å². The number of hydrogen-bond donors (Lipinski definition) is 3. The van der Waals surface area contributed by atoms with Crippen LogP contribution >= 0.6 is 0 Å². The average molecular weight is 303 g/mol. The summed E-state index contributed by atoms with van der Waals surface area (Å²) in [7, 11) is -2.25. The Labute approximate surface area is 117 Å². The predicted molar refractivity (Wildman–Crippen MR) is 71.2 cm³/mol. The molecule has 0 aliphatic heterocycles. The topological polar surface area (TPSA) is 113 Å². The lowest BCUT2D eigenvalue weighted by Gasteiger charge is -2.10. The minimum atomic E-state index is -3.74. The van der Waals surface area contributed by atoms with Crippen molar-refractivity contribution < 1.29 is 28.2 Å². The SMILES string of the molecule is COc1ccc(S(=O)(=O)NCCC(O)C(=O)O)cc1C. The standard InChI is InChI=1S/C12H17NO6S/c1-8-7-9(3-4-11(8)19-2)20(17,18)13-6-5-10(14)12(15)16/h3-4,7,10,13-14H,5-6H2,1-2H3,(H,15,16). The molecule has 0 radical (unpaired) electrons. The molecule has 0 spiro atoms. The van der Waals surface area contributed by atoms with E-state index >= 15 is 0 Å². The number of hydrogen-bond acceptors (Lipinski definition) is 5. The zero-order valence-electron chi connectivity index (χ0n) is 11.2. The monoisotopic (exact) mass is 303 g/mol. The van der Waals surface area contributed by atoms with Crippen LogP contribution in [0.25, 0.3) is 0 Å². The number of ether oxygens (including phenoxy) is 1. The first-order chi connectivity index (χ1) is 9.27. The molecule has 1 aromatic rings. The summed E-state index contributed by atoms with van der Waals surface area (Å²) in [4.78, 5) is 10.5. The summed E-state index contributed by atoms with van der Waals surface area (Å²) in [5.74, 6) is -0.810. The Balaban J connectivity index is 2.74. The molecule has 1 atom stereocenters. The van der Waals surface area contributed by atoms with E-state index in [0.717, 1.165) is 0 Å². The van der Waals surface area contributed by atoms with Gasteiger partial charge in [-0.25, -0.2) is 17.9 Å². The lowest BCUT2D eigenvalue weighted by molar-refractivity contribution is -0.146. The van der Waals surface area contributed by atoms with Crippen LogP contribution in [0.1, 0.15) is 12.0 Å². The van der Waals surface area contributed by atoms with Crippen molar-refractivity contribution in [1.29, 1.82) is 0 Å². The van der Waals surface area contributed by atoms with E-state index in [1.807, 2.05) is 0 Å². The van der Waals surface area contributed by atoms with Gasteiger partial charge in [0.05, 0.1) is 12.0 Å². The number of aryl methyl sites for hydroxylation is 1. The van der Waals surface area contributed by atoms with Crippen molar-refractivity contribution in [2.45, 2.75) is 24.3 Å². The van der Waals surface area contributed by atoms with E-state index in [2.05, 4.69) is 4.72 Å². The molecule has 0 aliphatic rings. The normalized spacial score (nSPS) is 12.9. The number of benzene rings is 1. The summed E-state index contributed by atoms with van der Waals surface area (Å²) >= 11 is 0. The van der Waals surface area contributed by atoms with Crippen molar-refractivity contribution in [1.82, 2.24) is 4.72 Å². The summed E-state index contributed by atoms with van der Waals surface area (Å²) in [5.41, 5.74) is 0.668. The number of sulfonamides is 1. The zero-order valence-corrected chi connectivity index (χ0v) is 12.0. The number of aliphatic hydroxyl groups is 1. The highest BCUT2D eigenvalue weighted by Gasteiger charge is 2.17. The fourth-order valence-corrected chi connectivity index (χ4v) is 2.69. The van der Waals surface area contributed by atoms with Crippen LogP contribution in [0.3, 0.4) is 0 Å². The summed E-state index contributed by atoms with van der Waals surface area (Å²) in [6.45, 7) is 1.55. The van der Waals surface area contributed by atoms with Crippen molar-refractivity contribution in [3.63, 3.8) is 0 Å². The molecule has 0 fully saturated rings. The number of rotatable bonds is 7. The highest BCUT2D eigenvalue weighted by Crippen LogP contribution is 2.21. The maximum Gasteiger partial charge on any atom is 0.332 e. The summed E-state index contributed by atoms with van der Waals surface area (Å²) in [6, 6.07) is 4.38. The molecular formula is C12H17NO6S. The number of carboxylic acid groups (broad SMARTS) is 1. The van der Waals surface area contributed by atoms with Gasteiger partial charge in [0.1, 0.15) is 5.75 Å². The molecule has 1 rings (SSSR count). The van der Waals surface area contributed by atoms with Gasteiger partial charge in [0.2, 0.25) is 10.0 Å². The minimum Gasteiger partial charge on any atom is -0.496 e. The van der Waals surface area contributed by atoms with Gasteiger partial charge in [-0.05, 0) is 37.1 Å². The van der Waals surface area contributed by atoms with Gasteiger partial charge in [0.15, 0.2) is 6.10 Å². The van der Waals surface area contributed by atoms with Crippen LogP contribution in [0, 0.1) is 6.92 Å². The van der Waals surface area contributed by atoms with Gasteiger partial charge in [0, 0.05) is 6.54 Å². The van der Waals surface area contributed by atoms with Crippen LogP contribution in [0.2, 0.25) is 0 Å². The first-order valence-electron chi connectivity index (χ1n) is 5.83. The summed E-state index contributed by atoms with van der Waals surface area (Å²) in [6.07, 6.45) is -1.79. The van der Waals surface area contributed by atoms with Gasteiger partial charge >= 0.3 is 5.97 Å². The van der Waals surface area contributed by atoms with Crippen molar-refractivity contribution >= 4 is 16.0 Å². The van der Waals surface area contributed by atoms with Crippen LogP contribution < -0.4 is 9.46 Å². The van der Waals surface area contributed by atoms with Crippen LogP contribution in [0.5, 0.6) is 5.75 Å². The maximum absolute atomic E-state index is 12.0. The molecule has 0 bridgehead atoms. The van der Waals surface area contributed by atoms with Gasteiger partial charge in [-0.2, -0.15) is 0 Å². The maximum atomic E-state index is 12.0. The van der Waals surface area contributed by atoms with Crippen LogP contribution in [0.4, 0.5) is 0 Å². The Hall–Kier alpha value is -1.64. The first kappa shape index (κ1) is 16.4. The zero-order chi connectivity index (χ0) is 15.3. The van der Waals surface area contributed by atoms with Crippen LogP contribution in [0.15, 0.2) is 23.1 Å².